The van der Waals surface area contributed by atoms with Gasteiger partial charge in [0.15, 0.2) is 22.7 Å². The summed E-state index contributed by atoms with van der Waals surface area (Å²) in [4.78, 5) is 31.0. The smallest absolute Gasteiger partial charge is 0.416 e. The number of nitrogens with zero attached hydrogens (tertiary/aromatic N) is 1. The lowest BCUT2D eigenvalue weighted by molar-refractivity contribution is -0.251. The molecule has 0 amide bonds. The Morgan fingerprint density at radius 2 is 1.72 bits per heavy atom. The van der Waals surface area contributed by atoms with E-state index in [2.05, 4.69) is 4.98 Å². The summed E-state index contributed by atoms with van der Waals surface area (Å²) in [5.74, 6) is -4.19. The number of aromatic nitrogens is 1. The van der Waals surface area contributed by atoms with Crippen molar-refractivity contribution in [1.82, 2.24) is 4.98 Å². The largest absolute Gasteiger partial charge is 0.494 e. The van der Waals surface area contributed by atoms with Crippen molar-refractivity contribution in [3.8, 4) is 11.5 Å². The van der Waals surface area contributed by atoms with E-state index in [9.17, 15) is 27.9 Å². The van der Waals surface area contributed by atoms with Crippen LogP contribution in [0.5, 0.6) is 11.5 Å². The molecule has 36 heavy (non-hydrogen) atoms. The van der Waals surface area contributed by atoms with Gasteiger partial charge in [-0.2, -0.15) is 13.2 Å². The minimum atomic E-state index is -4.60. The van der Waals surface area contributed by atoms with Crippen LogP contribution in [0, 0.1) is 5.92 Å². The Labute approximate surface area is 203 Å². The number of ketones is 1. The minimum Gasteiger partial charge on any atom is -0.494 e. The second-order valence-corrected chi connectivity index (χ2v) is 8.61. The van der Waals surface area contributed by atoms with Crippen LogP contribution in [0.2, 0.25) is 0 Å². The Balaban J connectivity index is 1.81. The topological polar surface area (TPSA) is 95.0 Å². The summed E-state index contributed by atoms with van der Waals surface area (Å²) in [5, 5.41) is 12.1. The zero-order chi connectivity index (χ0) is 25.9. The molecule has 0 spiro atoms. The third kappa shape index (κ3) is 3.00. The van der Waals surface area contributed by atoms with E-state index in [1.54, 1.807) is 30.3 Å². The first-order valence-electron chi connectivity index (χ1n) is 10.9. The fraction of sp³-hybridized carbons (Fsp3) is 0.269. The van der Waals surface area contributed by atoms with Crippen molar-refractivity contribution in [2.24, 2.45) is 5.92 Å². The summed E-state index contributed by atoms with van der Waals surface area (Å²) >= 11 is 0. The van der Waals surface area contributed by atoms with Gasteiger partial charge >= 0.3 is 12.1 Å². The van der Waals surface area contributed by atoms with Crippen LogP contribution in [0.3, 0.4) is 0 Å². The van der Waals surface area contributed by atoms with E-state index in [1.807, 2.05) is 0 Å². The molecule has 2 heterocycles. The number of benzene rings is 2. The van der Waals surface area contributed by atoms with E-state index < -0.39 is 46.5 Å². The van der Waals surface area contributed by atoms with E-state index in [4.69, 9.17) is 14.2 Å². The lowest BCUT2D eigenvalue weighted by atomic mass is 9.44. The number of alkyl halides is 3. The van der Waals surface area contributed by atoms with Crippen LogP contribution >= 0.6 is 0 Å². The highest BCUT2D eigenvalue weighted by molar-refractivity contribution is 6.12. The van der Waals surface area contributed by atoms with Crippen LogP contribution < -0.4 is 9.47 Å². The number of rotatable bonds is 4. The second kappa shape index (κ2) is 8.06. The van der Waals surface area contributed by atoms with Crippen molar-refractivity contribution in [2.75, 3.05) is 14.2 Å². The van der Waals surface area contributed by atoms with E-state index in [0.717, 1.165) is 31.4 Å². The number of hydrogen-bond acceptors (Lipinski definition) is 7. The van der Waals surface area contributed by atoms with Gasteiger partial charge in [-0.15, -0.1) is 0 Å². The number of hydrogen-bond donors (Lipinski definition) is 1. The molecule has 1 aliphatic heterocycles. The summed E-state index contributed by atoms with van der Waals surface area (Å²) < 4.78 is 56.4. The van der Waals surface area contributed by atoms with Crippen molar-refractivity contribution in [1.29, 1.82) is 0 Å². The normalized spacial score (nSPS) is 26.7. The van der Waals surface area contributed by atoms with Crippen LogP contribution in [0.25, 0.3) is 0 Å². The second-order valence-electron chi connectivity index (χ2n) is 8.61. The highest BCUT2D eigenvalue weighted by Gasteiger charge is 2.82. The summed E-state index contributed by atoms with van der Waals surface area (Å²) in [7, 11) is 2.43. The van der Waals surface area contributed by atoms with Crippen molar-refractivity contribution in [3.05, 3.63) is 89.2 Å². The molecule has 1 aliphatic carbocycles. The number of esters is 1. The average Bonchev–Trinajstić information content (AvgIpc) is 2.88. The van der Waals surface area contributed by atoms with Gasteiger partial charge in [0, 0.05) is 5.92 Å². The molecule has 1 N–H and O–H groups in total. The lowest BCUT2D eigenvalue weighted by Gasteiger charge is -2.65. The number of aliphatic hydroxyl groups is 1. The Kier molecular flexibility index (Phi) is 5.33. The number of halogens is 3. The molecule has 0 saturated heterocycles. The van der Waals surface area contributed by atoms with Crippen molar-refractivity contribution in [2.45, 2.75) is 23.3 Å². The predicted octanol–water partition coefficient (Wildman–Crippen LogP) is 3.90. The summed E-state index contributed by atoms with van der Waals surface area (Å²) in [5.41, 5.74) is -4.94. The SMILES string of the molecule is COC(=O)[C@@H]1C(c2ccccc2)C2(c3ccc(C(F)(F)F)cc3)Oc3cncc(OC)c3C(=O)C12O. The number of fused-ring (bicyclic) bond motifs is 2. The molecule has 4 atom stereocenters. The summed E-state index contributed by atoms with van der Waals surface area (Å²) in [6.45, 7) is 0. The maximum Gasteiger partial charge on any atom is 0.416 e. The highest BCUT2D eigenvalue weighted by atomic mass is 19.4. The molecule has 2 aromatic carbocycles. The fourth-order valence-electron chi connectivity index (χ4n) is 5.43. The molecule has 3 unspecified atom stereocenters. The van der Waals surface area contributed by atoms with Gasteiger partial charge in [-0.3, -0.25) is 14.6 Å². The van der Waals surface area contributed by atoms with Crippen LogP contribution in [-0.2, 0) is 21.3 Å². The minimum absolute atomic E-state index is 0.0127. The zero-order valence-corrected chi connectivity index (χ0v) is 19.1. The molecule has 1 saturated carbocycles. The summed E-state index contributed by atoms with van der Waals surface area (Å²) in [6.07, 6.45) is -2.09. The van der Waals surface area contributed by atoms with Gasteiger partial charge in [0.2, 0.25) is 5.78 Å². The predicted molar refractivity (Wildman–Crippen MR) is 119 cm³/mol. The first kappa shape index (κ1) is 23.8. The standard InChI is InChI=1S/C26H20F3NO6/c1-34-17-12-30-13-18-19(17)22(31)24(33)21(23(32)35-2)20(14-6-4-3-5-7-14)25(24,36-18)15-8-10-16(11-9-15)26(27,28)29/h3-13,20-21,33H,1-2H3/t20?,21-,24?,25?/m0/s1. The molecule has 1 aromatic heterocycles. The fourth-order valence-corrected chi connectivity index (χ4v) is 5.43. The van der Waals surface area contributed by atoms with E-state index in [0.29, 0.717) is 5.56 Å². The monoisotopic (exact) mass is 499 g/mol. The molecule has 5 rings (SSSR count). The maximum atomic E-state index is 14.0. The van der Waals surface area contributed by atoms with Crippen molar-refractivity contribution >= 4 is 11.8 Å². The number of methoxy groups -OCH3 is 2. The first-order chi connectivity index (χ1) is 17.1. The third-order valence-electron chi connectivity index (χ3n) is 6.98. The van der Waals surface area contributed by atoms with Gasteiger partial charge < -0.3 is 19.3 Å². The van der Waals surface area contributed by atoms with E-state index >= 15 is 0 Å². The number of ether oxygens (including phenoxy) is 3. The van der Waals surface area contributed by atoms with Crippen molar-refractivity contribution < 1.29 is 42.1 Å². The Morgan fingerprint density at radius 3 is 2.31 bits per heavy atom. The summed E-state index contributed by atoms with van der Waals surface area (Å²) in [6, 6.07) is 12.5. The Hall–Kier alpha value is -3.92. The molecule has 0 radical (unpaired) electrons. The van der Waals surface area contributed by atoms with Gasteiger partial charge in [-0.1, -0.05) is 42.5 Å². The molecule has 2 aliphatic rings. The number of pyridine rings is 1. The van der Waals surface area contributed by atoms with Gasteiger partial charge in [-0.05, 0) is 23.3 Å². The molecule has 0 bridgehead atoms. The highest BCUT2D eigenvalue weighted by Crippen LogP contribution is 2.68. The maximum absolute atomic E-state index is 14.0. The van der Waals surface area contributed by atoms with Gasteiger partial charge in [-0.25, -0.2) is 0 Å². The third-order valence-corrected chi connectivity index (χ3v) is 6.98. The lowest BCUT2D eigenvalue weighted by Crippen LogP contribution is -2.80. The van der Waals surface area contributed by atoms with E-state index in [1.165, 1.54) is 19.5 Å². The molecule has 1 fully saturated rings. The number of carbonyl (C=O) groups excluding carboxylic acids is 2. The van der Waals surface area contributed by atoms with Crippen LogP contribution in [-0.4, -0.2) is 41.7 Å². The molecule has 3 aromatic rings. The van der Waals surface area contributed by atoms with Gasteiger partial charge in [0.1, 0.15) is 11.5 Å². The zero-order valence-electron chi connectivity index (χ0n) is 19.1. The van der Waals surface area contributed by atoms with Gasteiger partial charge in [0.05, 0.1) is 32.2 Å². The quantitative estimate of drug-likeness (QED) is 0.544. The molecular formula is C26H20F3NO6. The average molecular weight is 499 g/mol. The molecule has 186 valence electrons. The molecule has 7 nitrogen and oxygen atoms in total. The van der Waals surface area contributed by atoms with Crippen LogP contribution in [0.4, 0.5) is 13.2 Å². The van der Waals surface area contributed by atoms with Crippen molar-refractivity contribution in [3.63, 3.8) is 0 Å². The molecular weight excluding hydrogens is 479 g/mol. The Bertz CT molecular complexity index is 1340. The number of carbonyl (C=O) groups is 2. The number of Topliss-reactive ketones (excluding diaryl/α,β-unsaturated/α-hetero) is 1. The molecule has 10 heteroatoms. The Morgan fingerprint density at radius 1 is 1.06 bits per heavy atom. The van der Waals surface area contributed by atoms with E-state index in [-0.39, 0.29) is 22.6 Å². The first-order valence-corrected chi connectivity index (χ1v) is 10.9. The van der Waals surface area contributed by atoms with Gasteiger partial charge in [0.25, 0.3) is 0 Å². The van der Waals surface area contributed by atoms with Crippen LogP contribution in [0.15, 0.2) is 67.0 Å². The van der Waals surface area contributed by atoms with Crippen LogP contribution in [0.1, 0.15) is 33.0 Å².